The molecule has 10 heteroatoms. The summed E-state index contributed by atoms with van der Waals surface area (Å²) in [6.07, 6.45) is 48.4. The van der Waals surface area contributed by atoms with Gasteiger partial charge in [0, 0.05) is 0 Å². The zero-order valence-corrected chi connectivity index (χ0v) is 62.0. The van der Waals surface area contributed by atoms with Gasteiger partial charge < -0.3 is 0 Å². The Kier molecular flexibility index (Phi) is 29.4. The predicted octanol–water partition coefficient (Wildman–Crippen LogP) is 24.3. The van der Waals surface area contributed by atoms with Crippen molar-refractivity contribution in [1.82, 2.24) is 20.6 Å². The van der Waals surface area contributed by atoms with Gasteiger partial charge in [0.2, 0.25) is 0 Å². The Hall–Kier alpha value is -2.08. The Morgan fingerprint density at radius 2 is 0.588 bits per heavy atom. The number of rotatable bonds is 47. The minimum atomic E-state index is -3.37. The van der Waals surface area contributed by atoms with Crippen LogP contribution in [0.25, 0.3) is 44.3 Å². The second-order valence-corrected chi connectivity index (χ2v) is 56.2. The van der Waals surface area contributed by atoms with Crippen LogP contribution in [-0.2, 0) is 10.8 Å². The third-order valence-corrected chi connectivity index (χ3v) is 42.4. The van der Waals surface area contributed by atoms with Gasteiger partial charge in [0.05, 0.1) is 0 Å². The van der Waals surface area contributed by atoms with Crippen LogP contribution < -0.4 is 7.16 Å². The van der Waals surface area contributed by atoms with Gasteiger partial charge in [-0.05, 0) is 0 Å². The van der Waals surface area contributed by atoms with Gasteiger partial charge in [-0.3, -0.25) is 0 Å². The van der Waals surface area contributed by atoms with E-state index in [2.05, 4.69) is 75.4 Å². The molecular weight excluding hydrogens is 1260 g/mol. The van der Waals surface area contributed by atoms with Crippen molar-refractivity contribution in [3.63, 3.8) is 0 Å². The molecule has 3 aromatic carbocycles. The van der Waals surface area contributed by atoms with Crippen molar-refractivity contribution >= 4 is 66.0 Å². The first-order chi connectivity index (χ1) is 41.4. The molecule has 0 fully saturated rings. The molecule has 7 rings (SSSR count). The van der Waals surface area contributed by atoms with E-state index >= 15 is 8.78 Å². The SMILES string of the molecule is CCCCCCCCCCC1(CCCCCCCCCC)c2c[c]([Sn]([CH3])([CH3])[CH3])c3nonc3c2-c2c(F)c3c(c(F)c21)-c1c(c[c]([Sn]([CH2]CCC)([CH2]CCC)[CH2]CCC)c2nonc12)C3(CCCCCCCCCC)CCCCCCCCCC. The van der Waals surface area contributed by atoms with Crippen molar-refractivity contribution < 1.29 is 18.0 Å². The fraction of sp³-hybridized carbons (Fsp3) is 0.760. The summed E-state index contributed by atoms with van der Waals surface area (Å²) in [5, 5.41) is 19.5. The molecule has 2 aliphatic carbocycles. The average Bonchev–Trinajstić information content (AvgIpc) is 1.51. The number of unbranched alkanes of at least 4 members (excludes halogenated alkanes) is 31. The van der Waals surface area contributed by atoms with Crippen LogP contribution in [-0.4, -0.2) is 57.4 Å². The Labute approximate surface area is 526 Å². The molecule has 0 saturated heterocycles. The molecule has 2 aromatic heterocycles. The molecule has 0 bridgehead atoms. The second kappa shape index (κ2) is 35.5. The molecule has 0 spiro atoms. The predicted molar refractivity (Wildman–Crippen MR) is 366 cm³/mol. The number of fused-ring (bicyclic) bond motifs is 10. The molecule has 0 radical (unpaired) electrons. The van der Waals surface area contributed by atoms with E-state index in [4.69, 9.17) is 29.9 Å². The first kappa shape index (κ1) is 70.4. The quantitative estimate of drug-likeness (QED) is 0.0285. The fourth-order valence-corrected chi connectivity index (χ4v) is 36.9. The van der Waals surface area contributed by atoms with Crippen molar-refractivity contribution in [3.8, 4) is 22.3 Å². The summed E-state index contributed by atoms with van der Waals surface area (Å²) >= 11 is -6.40. The van der Waals surface area contributed by atoms with E-state index in [1.54, 1.807) is 0 Å². The van der Waals surface area contributed by atoms with Crippen molar-refractivity contribution in [2.75, 3.05) is 0 Å². The number of nitrogens with zero attached hydrogens (tertiary/aromatic N) is 4. The van der Waals surface area contributed by atoms with Gasteiger partial charge in [0.1, 0.15) is 0 Å². The third kappa shape index (κ3) is 16.7. The standard InChI is InChI=1S/C60H86F2N4O2.3C4H9.3CH3.2Sn/c1-5-9-13-17-21-25-29-33-41-59(42-34-30-26-22-18-14-10-6-2)45-37-39-47-57(65-67-63-47)49(45)51-53(59)55(61)52-50-46(38-40-48-58(50)66-68-64-48)60(54(52)56(51)62,43-35-31-27-23-19-15-11-7-3)44-36-32-28-24-20-16-12-8-4;3*1-3-4-2;;;;;/h37-38H,5-36,41-44H2,1-4H3;3*1,3-4H2,2H3;3*1H3;;. The minimum Gasteiger partial charge on any atom is -0.0654 e. The van der Waals surface area contributed by atoms with Gasteiger partial charge in [0.15, 0.2) is 0 Å². The molecule has 0 N–H and O–H groups in total. The van der Waals surface area contributed by atoms with Gasteiger partial charge in [0.25, 0.3) is 0 Å². The molecule has 2 aliphatic rings. The summed E-state index contributed by atoms with van der Waals surface area (Å²) in [4.78, 5) is 7.33. The van der Waals surface area contributed by atoms with E-state index in [9.17, 15) is 0 Å². The van der Waals surface area contributed by atoms with Crippen molar-refractivity contribution in [3.05, 3.63) is 46.0 Å². The van der Waals surface area contributed by atoms with Crippen LogP contribution in [0.2, 0.25) is 28.1 Å². The van der Waals surface area contributed by atoms with E-state index in [1.165, 1.54) is 194 Å². The molecule has 0 aliphatic heterocycles. The average molecular weight is 1390 g/mol. The zero-order chi connectivity index (χ0) is 60.7. The van der Waals surface area contributed by atoms with Crippen LogP contribution in [0.5, 0.6) is 0 Å². The molecule has 6 nitrogen and oxygen atoms in total. The normalized spacial score (nSPS) is 14.3. The van der Waals surface area contributed by atoms with Crippen molar-refractivity contribution in [2.45, 2.75) is 357 Å². The summed E-state index contributed by atoms with van der Waals surface area (Å²) in [6.45, 7) is 16.2. The van der Waals surface area contributed by atoms with Gasteiger partial charge in [-0.15, -0.1) is 0 Å². The van der Waals surface area contributed by atoms with Crippen LogP contribution in [0.3, 0.4) is 0 Å². The van der Waals surface area contributed by atoms with Gasteiger partial charge in [-0.2, -0.15) is 0 Å². The van der Waals surface area contributed by atoms with Crippen LogP contribution in [0, 0.1) is 11.6 Å². The summed E-state index contributed by atoms with van der Waals surface area (Å²) < 4.78 is 59.3. The molecule has 476 valence electrons. The number of hydrogen-bond donors (Lipinski definition) is 0. The summed E-state index contributed by atoms with van der Waals surface area (Å²) in [5.41, 5.74) is 7.47. The third-order valence-electron chi connectivity index (χ3n) is 21.2. The van der Waals surface area contributed by atoms with E-state index in [0.717, 1.165) is 130 Å². The Morgan fingerprint density at radius 3 is 0.882 bits per heavy atom. The van der Waals surface area contributed by atoms with Gasteiger partial charge >= 0.3 is 477 Å². The Morgan fingerprint density at radius 1 is 0.329 bits per heavy atom. The van der Waals surface area contributed by atoms with Gasteiger partial charge in [-0.1, -0.05) is 53.4 Å². The Bertz CT molecular complexity index is 2710. The van der Waals surface area contributed by atoms with Gasteiger partial charge in [-0.25, -0.2) is 0 Å². The zero-order valence-electron chi connectivity index (χ0n) is 56.3. The van der Waals surface area contributed by atoms with E-state index in [0.29, 0.717) is 33.3 Å². The molecule has 85 heavy (non-hydrogen) atoms. The summed E-state index contributed by atoms with van der Waals surface area (Å²) in [7, 11) is 0. The smallest absolute Gasteiger partial charge is 0.0654 e. The van der Waals surface area contributed by atoms with Crippen LogP contribution >= 0.6 is 0 Å². The first-order valence-corrected chi connectivity index (χ1v) is 54.1. The molecule has 5 aromatic rings. The van der Waals surface area contributed by atoms with Crippen LogP contribution in [0.15, 0.2) is 21.4 Å². The Balaban J connectivity index is 1.54. The maximum absolute atomic E-state index is 20.5. The molecule has 0 unspecified atom stereocenters. The number of aromatic nitrogens is 4. The molecule has 0 atom stereocenters. The van der Waals surface area contributed by atoms with Crippen LogP contribution in [0.1, 0.15) is 340 Å². The second-order valence-electron chi connectivity index (χ2n) is 28.6. The molecular formula is C75H122F2N4O2Sn2. The number of halogens is 2. The van der Waals surface area contributed by atoms with E-state index < -0.39 is 47.6 Å². The minimum absolute atomic E-state index is 0.211. The fourth-order valence-electron chi connectivity index (χ4n) is 16.3. The first-order valence-electron chi connectivity index (χ1n) is 36.6. The molecule has 0 saturated carbocycles. The van der Waals surface area contributed by atoms with Crippen molar-refractivity contribution in [2.24, 2.45) is 0 Å². The van der Waals surface area contributed by atoms with Crippen LogP contribution in [0.4, 0.5) is 8.78 Å². The van der Waals surface area contributed by atoms with E-state index in [-0.39, 0.29) is 11.6 Å². The maximum atomic E-state index is 20.5. The monoisotopic (exact) mass is 1390 g/mol. The summed E-state index contributed by atoms with van der Waals surface area (Å²) in [6, 6.07) is 5.03. The number of hydrogen-bond acceptors (Lipinski definition) is 6. The molecule has 2 heterocycles. The summed E-state index contributed by atoms with van der Waals surface area (Å²) in [5.74, 6) is -0.422. The topological polar surface area (TPSA) is 77.8 Å². The molecule has 0 amide bonds. The van der Waals surface area contributed by atoms with Crippen molar-refractivity contribution in [1.29, 1.82) is 0 Å². The number of benzene rings is 3. The van der Waals surface area contributed by atoms with E-state index in [1.807, 2.05) is 0 Å².